The van der Waals surface area contributed by atoms with E-state index < -0.39 is 7.12 Å². The number of nitrogens with one attached hydrogen (secondary N) is 1. The molecule has 1 aromatic heterocycles. The highest BCUT2D eigenvalue weighted by Crippen LogP contribution is 1.71. The average molecular weight is 157 g/mol. The van der Waals surface area contributed by atoms with Gasteiger partial charge in [0.1, 0.15) is 0 Å². The third-order valence-electron chi connectivity index (χ3n) is 0.818. The molecule has 0 bridgehead atoms. The van der Waals surface area contributed by atoms with Crippen LogP contribution in [0.5, 0.6) is 0 Å². The first-order chi connectivity index (χ1) is 5.22. The van der Waals surface area contributed by atoms with E-state index in [0.717, 1.165) is 0 Å². The highest BCUT2D eigenvalue weighted by molar-refractivity contribution is 6.58. The second-order valence-corrected chi connectivity index (χ2v) is 1.52. The third kappa shape index (κ3) is 4.57. The first kappa shape index (κ1) is 10.2. The molecule has 1 heterocycles. The molecule has 0 aromatic carbocycles. The lowest BCUT2D eigenvalue weighted by Gasteiger charge is -1.85. The van der Waals surface area contributed by atoms with E-state index in [2.05, 4.69) is 10.2 Å². The fourth-order valence-corrected chi connectivity index (χ4v) is 0.402. The zero-order valence-corrected chi connectivity index (χ0v) is 5.55. The summed E-state index contributed by atoms with van der Waals surface area (Å²) in [5, 5.41) is 36.8. The number of nitrogens with zero attached hydrogens (tertiary/aromatic N) is 1. The Morgan fingerprint density at radius 1 is 1.45 bits per heavy atom. The monoisotopic (exact) mass is 157 g/mol. The number of H-pyrrole nitrogens is 1. The van der Waals surface area contributed by atoms with Crippen molar-refractivity contribution >= 4 is 20.3 Å². The number of aromatic amines is 1. The van der Waals surface area contributed by atoms with E-state index in [1.807, 2.05) is 0 Å². The Kier molecular flexibility index (Phi) is 5.49. The van der Waals surface area contributed by atoms with Crippen LogP contribution in [0.4, 0.5) is 0 Å². The van der Waals surface area contributed by atoms with Crippen LogP contribution in [0.15, 0.2) is 12.4 Å². The summed E-state index contributed by atoms with van der Waals surface area (Å²) < 4.78 is 0. The van der Waals surface area contributed by atoms with Gasteiger partial charge in [0.05, 0.1) is 0 Å². The van der Waals surface area contributed by atoms with Gasteiger partial charge in [0.2, 0.25) is 0 Å². The van der Waals surface area contributed by atoms with Gasteiger partial charge in [-0.2, -0.15) is 5.10 Å². The molecule has 0 spiro atoms. The Labute approximate surface area is 64.0 Å². The fourth-order valence-electron chi connectivity index (χ4n) is 0.402. The van der Waals surface area contributed by atoms with Crippen LogP contribution in [-0.4, -0.2) is 45.1 Å². The quantitative estimate of drug-likeness (QED) is 0.273. The summed E-state index contributed by atoms with van der Waals surface area (Å²) in [4.78, 5) is 0. The van der Waals surface area contributed by atoms with Crippen LogP contribution in [0.3, 0.4) is 0 Å². The number of hydrogen-bond donors (Lipinski definition) is 5. The number of rotatable bonds is 1. The Morgan fingerprint density at radius 3 is 2.18 bits per heavy atom. The first-order valence-corrected chi connectivity index (χ1v) is 2.67. The van der Waals surface area contributed by atoms with E-state index in [0.29, 0.717) is 5.46 Å². The minimum atomic E-state index is -1.41. The Balaban J connectivity index is 0.000000292. The SMILES string of the molecule is OB(O)c1cn[nH]c1.O[B]O. The molecule has 59 valence electrons. The molecule has 0 atom stereocenters. The van der Waals surface area contributed by atoms with E-state index in [1.165, 1.54) is 12.4 Å². The van der Waals surface area contributed by atoms with Crippen molar-refractivity contribution in [1.82, 2.24) is 10.2 Å². The summed E-state index contributed by atoms with van der Waals surface area (Å²) >= 11 is 0. The number of aromatic nitrogens is 2. The second-order valence-electron chi connectivity index (χ2n) is 1.52. The van der Waals surface area contributed by atoms with Gasteiger partial charge in [-0.05, 0) is 0 Å². The van der Waals surface area contributed by atoms with E-state index in [-0.39, 0.29) is 7.69 Å². The summed E-state index contributed by atoms with van der Waals surface area (Å²) in [5.41, 5.74) is 0.380. The summed E-state index contributed by atoms with van der Waals surface area (Å²) in [6.07, 6.45) is 2.77. The summed E-state index contributed by atoms with van der Waals surface area (Å²) in [5.74, 6) is 0. The van der Waals surface area contributed by atoms with E-state index in [9.17, 15) is 0 Å². The smallest absolute Gasteiger partial charge is 0.429 e. The van der Waals surface area contributed by atoms with Crippen molar-refractivity contribution in [2.75, 3.05) is 0 Å². The van der Waals surface area contributed by atoms with Crippen LogP contribution in [0, 0.1) is 0 Å². The van der Waals surface area contributed by atoms with E-state index in [4.69, 9.17) is 20.1 Å². The first-order valence-electron chi connectivity index (χ1n) is 2.67. The molecule has 6 nitrogen and oxygen atoms in total. The fraction of sp³-hybridized carbons (Fsp3) is 0. The third-order valence-corrected chi connectivity index (χ3v) is 0.818. The maximum atomic E-state index is 8.41. The van der Waals surface area contributed by atoms with Crippen molar-refractivity contribution in [3.8, 4) is 0 Å². The maximum Gasteiger partial charge on any atom is 0.491 e. The van der Waals surface area contributed by atoms with Crippen molar-refractivity contribution in [3.05, 3.63) is 12.4 Å². The van der Waals surface area contributed by atoms with Crippen LogP contribution in [0.2, 0.25) is 0 Å². The molecule has 1 aromatic rings. The van der Waals surface area contributed by atoms with E-state index in [1.54, 1.807) is 0 Å². The molecule has 11 heavy (non-hydrogen) atoms. The molecule has 0 aliphatic heterocycles. The largest absolute Gasteiger partial charge is 0.491 e. The Morgan fingerprint density at radius 2 is 2.00 bits per heavy atom. The van der Waals surface area contributed by atoms with Crippen molar-refractivity contribution in [2.45, 2.75) is 0 Å². The number of hydrogen-bond acceptors (Lipinski definition) is 5. The molecule has 0 aliphatic rings. The minimum absolute atomic E-state index is 0. The summed E-state index contributed by atoms with van der Waals surface area (Å²) in [6.45, 7) is 0. The molecule has 0 amide bonds. The molecule has 0 saturated carbocycles. The van der Waals surface area contributed by atoms with Crippen molar-refractivity contribution in [3.63, 3.8) is 0 Å². The van der Waals surface area contributed by atoms with Crippen molar-refractivity contribution < 1.29 is 20.1 Å². The highest BCUT2D eigenvalue weighted by atomic mass is 16.4. The summed E-state index contributed by atoms with van der Waals surface area (Å²) in [6, 6.07) is 0. The van der Waals surface area contributed by atoms with Gasteiger partial charge >= 0.3 is 14.8 Å². The normalized spacial score (nSPS) is 8.00. The maximum absolute atomic E-state index is 8.41. The molecule has 0 aliphatic carbocycles. The Hall–Kier alpha value is -0.820. The van der Waals surface area contributed by atoms with Gasteiger partial charge in [-0.25, -0.2) is 0 Å². The highest BCUT2D eigenvalue weighted by Gasteiger charge is 2.09. The second kappa shape index (κ2) is 5.93. The average Bonchev–Trinajstić information content (AvgIpc) is 2.38. The van der Waals surface area contributed by atoms with Crippen molar-refractivity contribution in [1.29, 1.82) is 0 Å². The van der Waals surface area contributed by atoms with Crippen molar-refractivity contribution in [2.24, 2.45) is 0 Å². The van der Waals surface area contributed by atoms with Gasteiger partial charge in [0.15, 0.2) is 0 Å². The minimum Gasteiger partial charge on any atom is -0.429 e. The van der Waals surface area contributed by atoms with Gasteiger partial charge in [-0.15, -0.1) is 0 Å². The lowest BCUT2D eigenvalue weighted by Crippen LogP contribution is -2.28. The zero-order valence-electron chi connectivity index (χ0n) is 5.55. The van der Waals surface area contributed by atoms with Gasteiger partial charge in [-0.1, -0.05) is 0 Å². The standard InChI is InChI=1S/C3H5BN2O2.BH2O2/c7-4(8)3-1-5-6-2-3;2-1-3/h1-2,7-8H,(H,5,6);2-3H. The van der Waals surface area contributed by atoms with Crippen LogP contribution in [0.1, 0.15) is 0 Å². The van der Waals surface area contributed by atoms with E-state index >= 15 is 0 Å². The molecule has 0 saturated heterocycles. The van der Waals surface area contributed by atoms with Crippen LogP contribution >= 0.6 is 0 Å². The molecule has 0 unspecified atom stereocenters. The van der Waals surface area contributed by atoms with Crippen LogP contribution in [0.25, 0.3) is 0 Å². The van der Waals surface area contributed by atoms with Crippen LogP contribution < -0.4 is 5.46 Å². The van der Waals surface area contributed by atoms with Gasteiger partial charge in [-0.3, -0.25) is 5.10 Å². The lowest BCUT2D eigenvalue weighted by molar-refractivity contribution is 0.425. The predicted octanol–water partition coefficient (Wildman–Crippen LogP) is -3.41. The molecule has 0 fully saturated rings. The molecule has 8 heteroatoms. The Bertz CT molecular complexity index is 168. The molecular weight excluding hydrogens is 150 g/mol. The molecular formula is C3H7B2N2O4. The van der Waals surface area contributed by atoms with Gasteiger partial charge in [0, 0.05) is 17.9 Å². The topological polar surface area (TPSA) is 110 Å². The van der Waals surface area contributed by atoms with Gasteiger partial charge in [0.25, 0.3) is 0 Å². The summed E-state index contributed by atoms with van der Waals surface area (Å²) in [7, 11) is -1.41. The van der Waals surface area contributed by atoms with Crippen LogP contribution in [-0.2, 0) is 0 Å². The lowest BCUT2D eigenvalue weighted by atomic mass is 9.83. The predicted molar refractivity (Wildman–Crippen MR) is 38.6 cm³/mol. The molecule has 1 radical (unpaired) electrons. The molecule has 1 rings (SSSR count). The molecule has 5 N–H and O–H groups in total. The van der Waals surface area contributed by atoms with Gasteiger partial charge < -0.3 is 20.1 Å². The zero-order chi connectivity index (χ0) is 8.69.